The van der Waals surface area contributed by atoms with Gasteiger partial charge in [-0.2, -0.15) is 0 Å². The van der Waals surface area contributed by atoms with Crippen molar-refractivity contribution in [1.29, 1.82) is 0 Å². The molecule has 1 N–H and O–H groups in total. The fourth-order valence-corrected chi connectivity index (χ4v) is 2.04. The molecule has 1 atom stereocenters. The molecule has 1 unspecified atom stereocenters. The Hall–Kier alpha value is -1.76. The highest BCUT2D eigenvalue weighted by Gasteiger charge is 2.19. The minimum absolute atomic E-state index is 0.178. The smallest absolute Gasteiger partial charge is 0.0698 e. The molecule has 0 saturated heterocycles. The molecule has 0 aromatic heterocycles. The molecule has 1 aromatic carbocycles. The van der Waals surface area contributed by atoms with Crippen LogP contribution in [-0.4, -0.2) is 6.04 Å². The Morgan fingerprint density at radius 1 is 1.27 bits per heavy atom. The number of para-hydroxylation sites is 1. The lowest BCUT2D eigenvalue weighted by molar-refractivity contribution is 1.04. The average molecular weight is 197 g/mol. The number of anilines is 1. The van der Waals surface area contributed by atoms with Crippen LogP contribution in [0.5, 0.6) is 0 Å². The van der Waals surface area contributed by atoms with E-state index in [1.54, 1.807) is 0 Å². The lowest BCUT2D eigenvalue weighted by Crippen LogP contribution is -2.23. The Bertz CT molecular complexity index is 440. The zero-order chi connectivity index (χ0) is 10.8. The van der Waals surface area contributed by atoms with Crippen LogP contribution in [0.4, 0.5) is 5.69 Å². The molecule has 0 spiro atoms. The first-order valence-corrected chi connectivity index (χ1v) is 5.09. The third kappa shape index (κ3) is 1.50. The van der Waals surface area contributed by atoms with Gasteiger partial charge in [0.15, 0.2) is 0 Å². The van der Waals surface area contributed by atoms with Gasteiger partial charge in [0, 0.05) is 11.3 Å². The van der Waals surface area contributed by atoms with Crippen molar-refractivity contribution in [3.8, 4) is 0 Å². The summed E-state index contributed by atoms with van der Waals surface area (Å²) in [5.74, 6) is 0. The second kappa shape index (κ2) is 3.77. The molecule has 0 amide bonds. The van der Waals surface area contributed by atoms with Gasteiger partial charge in [-0.05, 0) is 24.1 Å². The van der Waals surface area contributed by atoms with Gasteiger partial charge in [-0.15, -0.1) is 6.58 Å². The summed E-state index contributed by atoms with van der Waals surface area (Å²) in [7, 11) is 0. The Labute approximate surface area is 90.8 Å². The SMILES string of the molecule is C=CC1=C(C)c2ccccc2NC1C=C. The van der Waals surface area contributed by atoms with Crippen LogP contribution in [-0.2, 0) is 0 Å². The molecule has 76 valence electrons. The first-order valence-electron chi connectivity index (χ1n) is 5.09. The molecule has 2 rings (SSSR count). The van der Waals surface area contributed by atoms with E-state index in [4.69, 9.17) is 0 Å². The molecule has 0 bridgehead atoms. The molecule has 0 fully saturated rings. The number of nitrogens with one attached hydrogen (secondary N) is 1. The van der Waals surface area contributed by atoms with E-state index in [1.807, 2.05) is 18.2 Å². The maximum absolute atomic E-state index is 3.86. The molecule has 15 heavy (non-hydrogen) atoms. The normalized spacial score (nSPS) is 19.1. The van der Waals surface area contributed by atoms with Gasteiger partial charge in [0.1, 0.15) is 0 Å². The van der Waals surface area contributed by atoms with E-state index in [9.17, 15) is 0 Å². The standard InChI is InChI=1S/C14H15N/c1-4-11-10(3)12-8-6-7-9-14(12)15-13(11)5-2/h4-9,13,15H,1-2H2,3H3. The summed E-state index contributed by atoms with van der Waals surface area (Å²) < 4.78 is 0. The van der Waals surface area contributed by atoms with Crippen LogP contribution in [0.2, 0.25) is 0 Å². The minimum Gasteiger partial charge on any atom is -0.374 e. The Morgan fingerprint density at radius 3 is 2.67 bits per heavy atom. The van der Waals surface area contributed by atoms with Crippen LogP contribution in [0, 0.1) is 0 Å². The summed E-state index contributed by atoms with van der Waals surface area (Å²) in [6.45, 7) is 9.84. The molecule has 1 heteroatoms. The van der Waals surface area contributed by atoms with Crippen molar-refractivity contribution in [3.05, 3.63) is 60.7 Å². The highest BCUT2D eigenvalue weighted by molar-refractivity contribution is 5.83. The van der Waals surface area contributed by atoms with Gasteiger partial charge in [-0.1, -0.05) is 36.9 Å². The molecular weight excluding hydrogens is 182 g/mol. The van der Waals surface area contributed by atoms with Gasteiger partial charge in [0.2, 0.25) is 0 Å². The first kappa shape index (κ1) is 9.78. The van der Waals surface area contributed by atoms with Crippen molar-refractivity contribution < 1.29 is 0 Å². The molecule has 0 radical (unpaired) electrons. The fraction of sp³-hybridized carbons (Fsp3) is 0.143. The van der Waals surface area contributed by atoms with E-state index in [-0.39, 0.29) is 6.04 Å². The Morgan fingerprint density at radius 2 is 2.00 bits per heavy atom. The van der Waals surface area contributed by atoms with Crippen LogP contribution in [0.3, 0.4) is 0 Å². The second-order valence-electron chi connectivity index (χ2n) is 3.69. The monoisotopic (exact) mass is 197 g/mol. The van der Waals surface area contributed by atoms with Crippen LogP contribution >= 0.6 is 0 Å². The van der Waals surface area contributed by atoms with E-state index in [0.717, 1.165) is 0 Å². The van der Waals surface area contributed by atoms with Gasteiger partial charge >= 0.3 is 0 Å². The lowest BCUT2D eigenvalue weighted by atomic mass is 9.91. The number of allylic oxidation sites excluding steroid dienone is 1. The van der Waals surface area contributed by atoms with Crippen molar-refractivity contribution in [2.45, 2.75) is 13.0 Å². The number of fused-ring (bicyclic) bond motifs is 1. The molecule has 1 nitrogen and oxygen atoms in total. The van der Waals surface area contributed by atoms with Crippen molar-refractivity contribution >= 4 is 11.3 Å². The maximum Gasteiger partial charge on any atom is 0.0698 e. The third-order valence-electron chi connectivity index (χ3n) is 2.87. The van der Waals surface area contributed by atoms with Crippen molar-refractivity contribution in [2.75, 3.05) is 5.32 Å². The van der Waals surface area contributed by atoms with Gasteiger partial charge < -0.3 is 5.32 Å². The predicted octanol–water partition coefficient (Wildman–Crippen LogP) is 3.63. The number of benzene rings is 1. The Balaban J connectivity index is 2.61. The molecule has 0 aliphatic carbocycles. The summed E-state index contributed by atoms with van der Waals surface area (Å²) in [6.07, 6.45) is 3.82. The summed E-state index contributed by atoms with van der Waals surface area (Å²) in [6, 6.07) is 8.49. The van der Waals surface area contributed by atoms with E-state index in [1.165, 1.54) is 22.4 Å². The number of hydrogen-bond donors (Lipinski definition) is 1. The lowest BCUT2D eigenvalue weighted by Gasteiger charge is -2.27. The predicted molar refractivity (Wildman–Crippen MR) is 66.8 cm³/mol. The molecule has 1 aliphatic rings. The van der Waals surface area contributed by atoms with Gasteiger partial charge in [0.05, 0.1) is 6.04 Å². The van der Waals surface area contributed by atoms with E-state index < -0.39 is 0 Å². The van der Waals surface area contributed by atoms with Gasteiger partial charge in [0.25, 0.3) is 0 Å². The van der Waals surface area contributed by atoms with Gasteiger partial charge in [-0.3, -0.25) is 0 Å². The molecular formula is C14H15N. The zero-order valence-electron chi connectivity index (χ0n) is 8.96. The highest BCUT2D eigenvalue weighted by Crippen LogP contribution is 2.33. The Kier molecular flexibility index (Phi) is 2.46. The molecule has 1 aliphatic heterocycles. The topological polar surface area (TPSA) is 12.0 Å². The quantitative estimate of drug-likeness (QED) is 0.714. The van der Waals surface area contributed by atoms with Gasteiger partial charge in [-0.25, -0.2) is 0 Å². The number of hydrogen-bond acceptors (Lipinski definition) is 1. The fourth-order valence-electron chi connectivity index (χ4n) is 2.04. The van der Waals surface area contributed by atoms with Crippen molar-refractivity contribution in [1.82, 2.24) is 0 Å². The van der Waals surface area contributed by atoms with E-state index >= 15 is 0 Å². The highest BCUT2D eigenvalue weighted by atomic mass is 14.9. The molecule has 1 aromatic rings. The summed E-state index contributed by atoms with van der Waals surface area (Å²) in [4.78, 5) is 0. The number of rotatable bonds is 2. The summed E-state index contributed by atoms with van der Waals surface area (Å²) in [5, 5.41) is 3.43. The zero-order valence-corrected chi connectivity index (χ0v) is 8.96. The van der Waals surface area contributed by atoms with Crippen LogP contribution in [0.25, 0.3) is 5.57 Å². The van der Waals surface area contributed by atoms with Crippen molar-refractivity contribution in [2.24, 2.45) is 0 Å². The molecule has 0 saturated carbocycles. The largest absolute Gasteiger partial charge is 0.374 e. The summed E-state index contributed by atoms with van der Waals surface area (Å²) >= 11 is 0. The average Bonchev–Trinajstić information content (AvgIpc) is 2.29. The van der Waals surface area contributed by atoms with E-state index in [2.05, 4.69) is 43.6 Å². The molecule has 1 heterocycles. The maximum atomic E-state index is 3.86. The van der Waals surface area contributed by atoms with Crippen LogP contribution < -0.4 is 5.32 Å². The van der Waals surface area contributed by atoms with Crippen molar-refractivity contribution in [3.63, 3.8) is 0 Å². The minimum atomic E-state index is 0.178. The second-order valence-corrected chi connectivity index (χ2v) is 3.69. The van der Waals surface area contributed by atoms with E-state index in [0.29, 0.717) is 0 Å². The van der Waals surface area contributed by atoms with Crippen LogP contribution in [0.1, 0.15) is 12.5 Å². The first-order chi connectivity index (χ1) is 7.27. The van der Waals surface area contributed by atoms with Crippen LogP contribution in [0.15, 0.2) is 55.1 Å². The summed E-state index contributed by atoms with van der Waals surface area (Å²) in [5.41, 5.74) is 4.92. The third-order valence-corrected chi connectivity index (χ3v) is 2.87.